The number of ether oxygens (including phenoxy) is 1. The fourth-order valence-corrected chi connectivity index (χ4v) is 2.24. The second kappa shape index (κ2) is 7.06. The fraction of sp³-hybridized carbons (Fsp3) is 0.312. The summed E-state index contributed by atoms with van der Waals surface area (Å²) in [5.41, 5.74) is 7.81. The van der Waals surface area contributed by atoms with Crippen molar-refractivity contribution in [3.8, 4) is 17.0 Å². The summed E-state index contributed by atoms with van der Waals surface area (Å²) in [6.07, 6.45) is 0.525. The smallest absolute Gasteiger partial charge is 0.255 e. The van der Waals surface area contributed by atoms with Gasteiger partial charge in [0.2, 0.25) is 0 Å². The molecule has 0 aliphatic rings. The average molecular weight is 288 g/mol. The lowest BCUT2D eigenvalue weighted by Crippen LogP contribution is -2.27. The second-order valence-corrected chi connectivity index (χ2v) is 4.71. The summed E-state index contributed by atoms with van der Waals surface area (Å²) >= 11 is 0. The van der Waals surface area contributed by atoms with E-state index >= 15 is 0 Å². The molecule has 0 unspecified atom stereocenters. The minimum Gasteiger partial charge on any atom is -0.497 e. The number of aromatic nitrogens is 1. The quantitative estimate of drug-likeness (QED) is 0.841. The number of aliphatic hydroxyl groups excluding tert-OH is 1. The third kappa shape index (κ3) is 3.32. The highest BCUT2D eigenvalue weighted by atomic mass is 16.5. The normalized spacial score (nSPS) is 10.6. The Labute approximate surface area is 123 Å². The molecule has 0 radical (unpaired) electrons. The van der Waals surface area contributed by atoms with Crippen molar-refractivity contribution in [1.82, 2.24) is 4.57 Å². The van der Waals surface area contributed by atoms with E-state index in [4.69, 9.17) is 15.6 Å². The third-order valence-electron chi connectivity index (χ3n) is 3.40. The van der Waals surface area contributed by atoms with Crippen LogP contribution in [0.25, 0.3) is 11.3 Å². The molecule has 0 aliphatic heterocycles. The Bertz CT molecular complexity index is 648. The monoisotopic (exact) mass is 288 g/mol. The molecule has 5 heteroatoms. The zero-order chi connectivity index (χ0) is 15.2. The van der Waals surface area contributed by atoms with Gasteiger partial charge in [0.1, 0.15) is 5.75 Å². The number of nitrogens with zero attached hydrogens (tertiary/aromatic N) is 1. The van der Waals surface area contributed by atoms with Gasteiger partial charge in [0, 0.05) is 25.3 Å². The van der Waals surface area contributed by atoms with Crippen LogP contribution >= 0.6 is 0 Å². The first kappa shape index (κ1) is 15.3. The molecule has 0 spiro atoms. The van der Waals surface area contributed by atoms with E-state index in [9.17, 15) is 4.79 Å². The van der Waals surface area contributed by atoms with Gasteiger partial charge in [0.25, 0.3) is 5.56 Å². The molecule has 112 valence electrons. The van der Waals surface area contributed by atoms with Gasteiger partial charge in [0.05, 0.1) is 12.8 Å². The molecule has 1 aromatic heterocycles. The molecule has 0 amide bonds. The minimum atomic E-state index is -0.0979. The first-order chi connectivity index (χ1) is 10.2. The molecule has 0 bridgehead atoms. The van der Waals surface area contributed by atoms with E-state index in [2.05, 4.69) is 0 Å². The second-order valence-electron chi connectivity index (χ2n) is 4.71. The van der Waals surface area contributed by atoms with E-state index in [1.165, 1.54) is 0 Å². The Kier molecular flexibility index (Phi) is 5.14. The van der Waals surface area contributed by atoms with Crippen molar-refractivity contribution in [2.24, 2.45) is 5.73 Å². The maximum absolute atomic E-state index is 12.4. The van der Waals surface area contributed by atoms with Crippen LogP contribution in [0.4, 0.5) is 0 Å². The average Bonchev–Trinajstić information content (AvgIpc) is 2.53. The predicted octanol–water partition coefficient (Wildman–Crippen LogP) is 1.36. The van der Waals surface area contributed by atoms with E-state index in [-0.39, 0.29) is 18.7 Å². The van der Waals surface area contributed by atoms with Crippen molar-refractivity contribution >= 4 is 0 Å². The summed E-state index contributed by atoms with van der Waals surface area (Å²) in [6, 6.07) is 11.2. The van der Waals surface area contributed by atoms with Crippen LogP contribution in [0.15, 0.2) is 41.2 Å². The van der Waals surface area contributed by atoms with Crippen LogP contribution in [0, 0.1) is 0 Å². The lowest BCUT2D eigenvalue weighted by atomic mass is 10.1. The van der Waals surface area contributed by atoms with Gasteiger partial charge in [0.15, 0.2) is 0 Å². The highest BCUT2D eigenvalue weighted by Crippen LogP contribution is 2.22. The van der Waals surface area contributed by atoms with Gasteiger partial charge in [-0.3, -0.25) is 4.79 Å². The van der Waals surface area contributed by atoms with Gasteiger partial charge in [-0.25, -0.2) is 0 Å². The molecule has 2 rings (SSSR count). The first-order valence-electron chi connectivity index (χ1n) is 6.89. The number of benzene rings is 1. The van der Waals surface area contributed by atoms with Crippen molar-refractivity contribution in [2.75, 3.05) is 13.7 Å². The predicted molar refractivity (Wildman–Crippen MR) is 82.3 cm³/mol. The number of aliphatic hydroxyl groups is 1. The van der Waals surface area contributed by atoms with E-state index in [0.29, 0.717) is 18.5 Å². The Morgan fingerprint density at radius 2 is 1.90 bits per heavy atom. The summed E-state index contributed by atoms with van der Waals surface area (Å²) in [5.74, 6) is 0.765. The number of pyridine rings is 1. The third-order valence-corrected chi connectivity index (χ3v) is 3.40. The van der Waals surface area contributed by atoms with Crippen LogP contribution in [0.1, 0.15) is 12.0 Å². The summed E-state index contributed by atoms with van der Waals surface area (Å²) < 4.78 is 6.81. The summed E-state index contributed by atoms with van der Waals surface area (Å²) in [5, 5.41) is 9.02. The summed E-state index contributed by atoms with van der Waals surface area (Å²) in [7, 11) is 1.61. The van der Waals surface area contributed by atoms with Gasteiger partial charge in [-0.2, -0.15) is 0 Å². The lowest BCUT2D eigenvalue weighted by Gasteiger charge is -2.14. The maximum Gasteiger partial charge on any atom is 0.255 e. The van der Waals surface area contributed by atoms with E-state index in [1.807, 2.05) is 30.3 Å². The molecule has 1 aromatic carbocycles. The van der Waals surface area contributed by atoms with E-state index < -0.39 is 0 Å². The Morgan fingerprint density at radius 1 is 1.19 bits per heavy atom. The molecule has 0 aliphatic carbocycles. The van der Waals surface area contributed by atoms with Crippen molar-refractivity contribution in [2.45, 2.75) is 19.5 Å². The van der Waals surface area contributed by atoms with Gasteiger partial charge < -0.3 is 20.1 Å². The maximum atomic E-state index is 12.4. The minimum absolute atomic E-state index is 0.0430. The molecule has 0 saturated heterocycles. The first-order valence-corrected chi connectivity index (χ1v) is 6.89. The SMILES string of the molecule is COc1ccc(-c2ccc(CN)c(=O)n2CCCO)cc1. The number of hydrogen-bond acceptors (Lipinski definition) is 4. The summed E-state index contributed by atoms with van der Waals surface area (Å²) in [6.45, 7) is 0.715. The molecule has 0 saturated carbocycles. The summed E-state index contributed by atoms with van der Waals surface area (Å²) in [4.78, 5) is 12.4. The van der Waals surface area contributed by atoms with Gasteiger partial charge in [-0.15, -0.1) is 0 Å². The van der Waals surface area contributed by atoms with Crippen molar-refractivity contribution in [3.05, 3.63) is 52.3 Å². The highest BCUT2D eigenvalue weighted by molar-refractivity contribution is 5.61. The van der Waals surface area contributed by atoms with Crippen molar-refractivity contribution < 1.29 is 9.84 Å². The molecule has 5 nitrogen and oxygen atoms in total. The molecule has 0 fully saturated rings. The number of nitrogens with two attached hydrogens (primary N) is 1. The molecule has 0 atom stereocenters. The van der Waals surface area contributed by atoms with Crippen molar-refractivity contribution in [1.29, 1.82) is 0 Å². The zero-order valence-corrected chi connectivity index (χ0v) is 12.1. The molecule has 1 heterocycles. The van der Waals surface area contributed by atoms with E-state index in [1.54, 1.807) is 17.7 Å². The Balaban J connectivity index is 2.50. The van der Waals surface area contributed by atoms with Crippen LogP contribution in [0.3, 0.4) is 0 Å². The molecular weight excluding hydrogens is 268 g/mol. The fourth-order valence-electron chi connectivity index (χ4n) is 2.24. The van der Waals surface area contributed by atoms with E-state index in [0.717, 1.165) is 17.0 Å². The standard InChI is InChI=1S/C16H20N2O3/c1-21-14-6-3-12(4-7-14)15-8-5-13(11-17)16(20)18(15)9-2-10-19/h3-8,19H,2,9-11,17H2,1H3. The zero-order valence-electron chi connectivity index (χ0n) is 12.1. The molecular formula is C16H20N2O3. The van der Waals surface area contributed by atoms with Crippen LogP contribution < -0.4 is 16.0 Å². The molecule has 3 N–H and O–H groups in total. The van der Waals surface area contributed by atoms with Gasteiger partial charge in [-0.05, 0) is 42.3 Å². The van der Waals surface area contributed by atoms with Crippen LogP contribution in [0.5, 0.6) is 5.75 Å². The Hall–Kier alpha value is -2.11. The highest BCUT2D eigenvalue weighted by Gasteiger charge is 2.09. The largest absolute Gasteiger partial charge is 0.497 e. The number of rotatable bonds is 6. The Morgan fingerprint density at radius 3 is 2.48 bits per heavy atom. The van der Waals surface area contributed by atoms with Crippen molar-refractivity contribution in [3.63, 3.8) is 0 Å². The van der Waals surface area contributed by atoms with Crippen LogP contribution in [0.2, 0.25) is 0 Å². The molecule has 21 heavy (non-hydrogen) atoms. The molecule has 2 aromatic rings. The number of methoxy groups -OCH3 is 1. The van der Waals surface area contributed by atoms with Gasteiger partial charge >= 0.3 is 0 Å². The van der Waals surface area contributed by atoms with Crippen LogP contribution in [-0.4, -0.2) is 23.4 Å². The van der Waals surface area contributed by atoms with Gasteiger partial charge in [-0.1, -0.05) is 6.07 Å². The van der Waals surface area contributed by atoms with Crippen LogP contribution in [-0.2, 0) is 13.1 Å². The lowest BCUT2D eigenvalue weighted by molar-refractivity contribution is 0.279. The topological polar surface area (TPSA) is 77.5 Å². The number of hydrogen-bond donors (Lipinski definition) is 2.